The van der Waals surface area contributed by atoms with Crippen LogP contribution in [0, 0.1) is 11.7 Å². The van der Waals surface area contributed by atoms with Gasteiger partial charge in [0.1, 0.15) is 5.82 Å². The largest absolute Gasteiger partial charge is 0.397 e. The highest BCUT2D eigenvalue weighted by atomic mass is 35.5. The van der Waals surface area contributed by atoms with E-state index in [1.54, 1.807) is 6.07 Å². The van der Waals surface area contributed by atoms with Gasteiger partial charge in [-0.15, -0.1) is 0 Å². The van der Waals surface area contributed by atoms with E-state index < -0.39 is 5.82 Å². The van der Waals surface area contributed by atoms with Gasteiger partial charge in [-0.05, 0) is 24.8 Å². The molecule has 0 spiro atoms. The first-order valence-electron chi connectivity index (χ1n) is 6.91. The van der Waals surface area contributed by atoms with E-state index in [2.05, 4.69) is 32.6 Å². The van der Waals surface area contributed by atoms with Crippen molar-refractivity contribution in [1.82, 2.24) is 0 Å². The summed E-state index contributed by atoms with van der Waals surface area (Å²) in [6.07, 6.45) is 2.05. The van der Waals surface area contributed by atoms with E-state index in [1.165, 1.54) is 6.07 Å². The van der Waals surface area contributed by atoms with Crippen LogP contribution in [0.5, 0.6) is 0 Å². The molecule has 2 nitrogen and oxygen atoms in total. The van der Waals surface area contributed by atoms with Gasteiger partial charge in [0, 0.05) is 18.7 Å². The minimum atomic E-state index is -0.461. The smallest absolute Gasteiger partial charge is 0.143 e. The second kappa shape index (κ2) is 6.99. The zero-order chi connectivity index (χ0) is 14.6. The summed E-state index contributed by atoms with van der Waals surface area (Å²) in [5.41, 5.74) is 7.27. The summed E-state index contributed by atoms with van der Waals surface area (Å²) in [5, 5.41) is 0.129. The molecule has 1 aromatic carbocycles. The molecule has 0 aliphatic heterocycles. The summed E-state index contributed by atoms with van der Waals surface area (Å²) in [6.45, 7) is 9.53. The number of nitrogens with two attached hydrogens (primary N) is 1. The van der Waals surface area contributed by atoms with Gasteiger partial charge in [-0.1, -0.05) is 39.3 Å². The van der Waals surface area contributed by atoms with Crippen LogP contribution in [0.4, 0.5) is 15.8 Å². The minimum Gasteiger partial charge on any atom is -0.397 e. The fourth-order valence-electron chi connectivity index (χ4n) is 2.37. The first-order valence-corrected chi connectivity index (χ1v) is 7.29. The van der Waals surface area contributed by atoms with Crippen LogP contribution < -0.4 is 10.6 Å². The Balaban J connectivity index is 3.20. The molecular weight excluding hydrogens is 263 g/mol. The van der Waals surface area contributed by atoms with Crippen LogP contribution in [0.25, 0.3) is 0 Å². The van der Waals surface area contributed by atoms with E-state index in [0.717, 1.165) is 25.1 Å². The molecule has 0 radical (unpaired) electrons. The maximum absolute atomic E-state index is 13.4. The Morgan fingerprint density at radius 3 is 2.32 bits per heavy atom. The van der Waals surface area contributed by atoms with Crippen molar-refractivity contribution in [2.24, 2.45) is 5.92 Å². The monoisotopic (exact) mass is 286 g/mol. The molecule has 4 heteroatoms. The maximum atomic E-state index is 13.4. The van der Waals surface area contributed by atoms with E-state index in [-0.39, 0.29) is 5.02 Å². The SMILES string of the molecule is CCC(CC)N(CC(C)C)c1cc(Cl)c(F)cc1N. The lowest BCUT2D eigenvalue weighted by molar-refractivity contribution is 0.507. The third-order valence-electron chi connectivity index (χ3n) is 3.32. The Labute approximate surface area is 120 Å². The molecule has 19 heavy (non-hydrogen) atoms. The van der Waals surface area contributed by atoms with Gasteiger partial charge in [-0.2, -0.15) is 0 Å². The number of anilines is 2. The molecule has 0 heterocycles. The van der Waals surface area contributed by atoms with Crippen LogP contribution in [-0.4, -0.2) is 12.6 Å². The Kier molecular flexibility index (Phi) is 5.92. The van der Waals surface area contributed by atoms with Crippen molar-refractivity contribution >= 4 is 23.0 Å². The zero-order valence-electron chi connectivity index (χ0n) is 12.2. The van der Waals surface area contributed by atoms with Crippen LogP contribution in [0.2, 0.25) is 5.02 Å². The summed E-state index contributed by atoms with van der Waals surface area (Å²) in [4.78, 5) is 2.26. The standard InChI is InChI=1S/C15H24ClFN2/c1-5-11(6-2)19(9-10(3)4)15-7-12(16)13(17)8-14(15)18/h7-8,10-11H,5-6,9,18H2,1-4H3. The molecule has 0 fully saturated rings. The third kappa shape index (κ3) is 4.00. The predicted octanol–water partition coefficient (Wildman–Crippen LogP) is 4.71. The molecule has 0 aliphatic carbocycles. The van der Waals surface area contributed by atoms with Crippen molar-refractivity contribution in [2.45, 2.75) is 46.6 Å². The van der Waals surface area contributed by atoms with E-state index in [4.69, 9.17) is 17.3 Å². The van der Waals surface area contributed by atoms with Gasteiger partial charge in [-0.3, -0.25) is 0 Å². The molecule has 0 atom stereocenters. The number of hydrogen-bond acceptors (Lipinski definition) is 2. The maximum Gasteiger partial charge on any atom is 0.143 e. The van der Waals surface area contributed by atoms with Gasteiger partial charge < -0.3 is 10.6 Å². The number of hydrogen-bond donors (Lipinski definition) is 1. The quantitative estimate of drug-likeness (QED) is 0.767. The second-order valence-corrected chi connectivity index (χ2v) is 5.75. The van der Waals surface area contributed by atoms with Crippen LogP contribution in [0.3, 0.4) is 0 Å². The fraction of sp³-hybridized carbons (Fsp3) is 0.600. The molecule has 1 rings (SSSR count). The first kappa shape index (κ1) is 16.1. The molecule has 0 aliphatic rings. The summed E-state index contributed by atoms with van der Waals surface area (Å²) in [6, 6.07) is 3.35. The van der Waals surface area contributed by atoms with E-state index >= 15 is 0 Å². The Morgan fingerprint density at radius 2 is 1.84 bits per heavy atom. The number of rotatable bonds is 6. The Hall–Kier alpha value is -0.960. The first-order chi connectivity index (χ1) is 8.90. The highest BCUT2D eigenvalue weighted by Gasteiger charge is 2.20. The molecule has 0 bridgehead atoms. The van der Waals surface area contributed by atoms with Crippen molar-refractivity contribution in [1.29, 1.82) is 0 Å². The molecule has 0 unspecified atom stereocenters. The minimum absolute atomic E-state index is 0.129. The van der Waals surface area contributed by atoms with Crippen molar-refractivity contribution < 1.29 is 4.39 Å². The number of benzene rings is 1. The summed E-state index contributed by atoms with van der Waals surface area (Å²) >= 11 is 5.90. The number of nitrogens with zero attached hydrogens (tertiary/aromatic N) is 1. The summed E-state index contributed by atoms with van der Waals surface area (Å²) < 4.78 is 13.4. The summed E-state index contributed by atoms with van der Waals surface area (Å²) in [7, 11) is 0. The van der Waals surface area contributed by atoms with Crippen LogP contribution in [0.1, 0.15) is 40.5 Å². The topological polar surface area (TPSA) is 29.3 Å². The van der Waals surface area contributed by atoms with Gasteiger partial charge in [0.25, 0.3) is 0 Å². The lowest BCUT2D eigenvalue weighted by Crippen LogP contribution is -2.37. The lowest BCUT2D eigenvalue weighted by Gasteiger charge is -2.35. The Bertz CT molecular complexity index is 417. The third-order valence-corrected chi connectivity index (χ3v) is 3.61. The molecule has 0 saturated heterocycles. The Morgan fingerprint density at radius 1 is 1.26 bits per heavy atom. The number of halogens is 2. The van der Waals surface area contributed by atoms with E-state index in [9.17, 15) is 4.39 Å². The molecule has 0 amide bonds. The highest BCUT2D eigenvalue weighted by Crippen LogP contribution is 2.32. The van der Waals surface area contributed by atoms with Crippen molar-refractivity contribution in [2.75, 3.05) is 17.2 Å². The molecule has 0 saturated carbocycles. The summed E-state index contributed by atoms with van der Waals surface area (Å²) in [5.74, 6) is 0.0424. The van der Waals surface area contributed by atoms with Gasteiger partial charge in [0.2, 0.25) is 0 Å². The van der Waals surface area contributed by atoms with Crippen LogP contribution in [0.15, 0.2) is 12.1 Å². The average Bonchev–Trinajstić information content (AvgIpc) is 2.33. The fourth-order valence-corrected chi connectivity index (χ4v) is 2.53. The molecule has 2 N–H and O–H groups in total. The molecular formula is C15H24ClFN2. The zero-order valence-corrected chi connectivity index (χ0v) is 13.0. The van der Waals surface area contributed by atoms with Crippen molar-refractivity contribution in [3.63, 3.8) is 0 Å². The predicted molar refractivity (Wildman–Crippen MR) is 82.4 cm³/mol. The van der Waals surface area contributed by atoms with E-state index in [0.29, 0.717) is 17.6 Å². The normalized spacial score (nSPS) is 11.4. The van der Waals surface area contributed by atoms with Crippen LogP contribution >= 0.6 is 11.6 Å². The van der Waals surface area contributed by atoms with Gasteiger partial charge in [-0.25, -0.2) is 4.39 Å². The average molecular weight is 287 g/mol. The highest BCUT2D eigenvalue weighted by molar-refractivity contribution is 6.31. The molecule has 108 valence electrons. The van der Waals surface area contributed by atoms with Gasteiger partial charge in [0.05, 0.1) is 16.4 Å². The molecule has 1 aromatic rings. The lowest BCUT2D eigenvalue weighted by atomic mass is 10.1. The van der Waals surface area contributed by atoms with Gasteiger partial charge >= 0.3 is 0 Å². The van der Waals surface area contributed by atoms with E-state index in [1.807, 2.05) is 0 Å². The van der Waals surface area contributed by atoms with Crippen molar-refractivity contribution in [3.8, 4) is 0 Å². The second-order valence-electron chi connectivity index (χ2n) is 5.34. The van der Waals surface area contributed by atoms with Crippen LogP contribution in [-0.2, 0) is 0 Å². The number of nitrogen functional groups attached to an aromatic ring is 1. The van der Waals surface area contributed by atoms with Crippen molar-refractivity contribution in [3.05, 3.63) is 23.0 Å². The van der Waals surface area contributed by atoms with Gasteiger partial charge in [0.15, 0.2) is 0 Å². The molecule has 0 aromatic heterocycles.